The molecule has 166 valence electrons. The Bertz CT molecular complexity index is 1360. The van der Waals surface area contributed by atoms with Gasteiger partial charge in [0.1, 0.15) is 22.7 Å². The minimum atomic E-state index is -4.52. The lowest BCUT2D eigenvalue weighted by atomic mass is 10.0. The summed E-state index contributed by atoms with van der Waals surface area (Å²) in [7, 11) is 2.87. The second-order valence-electron chi connectivity index (χ2n) is 7.62. The summed E-state index contributed by atoms with van der Waals surface area (Å²) < 4.78 is 57.4. The Morgan fingerprint density at radius 2 is 1.94 bits per heavy atom. The van der Waals surface area contributed by atoms with Gasteiger partial charge >= 0.3 is 6.18 Å². The van der Waals surface area contributed by atoms with Gasteiger partial charge in [0, 0.05) is 32.4 Å². The summed E-state index contributed by atoms with van der Waals surface area (Å²) in [6.07, 6.45) is -1.27. The minimum absolute atomic E-state index is 0.0955. The Balaban J connectivity index is 1.48. The molecule has 0 radical (unpaired) electrons. The highest BCUT2D eigenvalue weighted by molar-refractivity contribution is 6.00. The van der Waals surface area contributed by atoms with Gasteiger partial charge in [0.25, 0.3) is 5.91 Å². The number of nitrogens with zero attached hydrogens (tertiary/aromatic N) is 7. The number of fused-ring (bicyclic) bond motifs is 2. The summed E-state index contributed by atoms with van der Waals surface area (Å²) in [5.74, 6) is -0.943. The van der Waals surface area contributed by atoms with E-state index in [2.05, 4.69) is 15.3 Å². The summed E-state index contributed by atoms with van der Waals surface area (Å²) in [4.78, 5) is 14.6. The average molecular weight is 447 g/mol. The second-order valence-corrected chi connectivity index (χ2v) is 7.62. The third-order valence-electron chi connectivity index (χ3n) is 5.62. The van der Waals surface area contributed by atoms with Crippen molar-refractivity contribution in [2.75, 3.05) is 6.54 Å². The summed E-state index contributed by atoms with van der Waals surface area (Å²) in [6, 6.07) is 3.75. The smallest absolute Gasteiger partial charge is 0.332 e. The van der Waals surface area contributed by atoms with E-state index in [1.54, 1.807) is 13.2 Å². The molecule has 0 fully saturated rings. The number of hydrogen-bond donors (Lipinski definition) is 0. The Hall–Kier alpha value is -3.70. The first-order valence-corrected chi connectivity index (χ1v) is 9.72. The van der Waals surface area contributed by atoms with Gasteiger partial charge in [-0.1, -0.05) is 0 Å². The van der Waals surface area contributed by atoms with E-state index in [1.165, 1.54) is 39.5 Å². The van der Waals surface area contributed by atoms with Crippen LogP contribution in [0.4, 0.5) is 17.6 Å². The number of rotatable bonds is 2. The van der Waals surface area contributed by atoms with Crippen LogP contribution in [0.1, 0.15) is 27.3 Å². The maximum Gasteiger partial charge on any atom is 0.433 e. The highest BCUT2D eigenvalue weighted by atomic mass is 19.4. The zero-order valence-corrected chi connectivity index (χ0v) is 17.1. The van der Waals surface area contributed by atoms with Crippen LogP contribution in [-0.2, 0) is 33.2 Å². The molecule has 32 heavy (non-hydrogen) atoms. The fourth-order valence-electron chi connectivity index (χ4n) is 4.19. The first kappa shape index (κ1) is 20.2. The number of alkyl halides is 3. The number of amides is 1. The molecule has 0 atom stereocenters. The minimum Gasteiger partial charge on any atom is -0.332 e. The Kier molecular flexibility index (Phi) is 4.36. The van der Waals surface area contributed by atoms with Gasteiger partial charge in [0.15, 0.2) is 0 Å². The lowest BCUT2D eigenvalue weighted by molar-refractivity contribution is -0.143. The molecule has 0 aromatic carbocycles. The SMILES string of the molecule is Cn1nc(-c2c3c(nn2C)CN(C(=O)c2cnn4cccc(F)c24)CC3)cc1C(F)(F)F. The molecule has 0 saturated heterocycles. The number of carbonyl (C=O) groups is 1. The van der Waals surface area contributed by atoms with E-state index < -0.39 is 17.7 Å². The van der Waals surface area contributed by atoms with Crippen molar-refractivity contribution >= 4 is 11.4 Å². The van der Waals surface area contributed by atoms with Gasteiger partial charge in [-0.2, -0.15) is 28.5 Å². The molecule has 8 nitrogen and oxygen atoms in total. The predicted molar refractivity (Wildman–Crippen MR) is 104 cm³/mol. The second kappa shape index (κ2) is 6.90. The quantitative estimate of drug-likeness (QED) is 0.443. The van der Waals surface area contributed by atoms with Crippen molar-refractivity contribution in [3.05, 3.63) is 58.9 Å². The van der Waals surface area contributed by atoms with Crippen LogP contribution in [0.15, 0.2) is 30.6 Å². The molecule has 0 N–H and O–H groups in total. The lowest BCUT2D eigenvalue weighted by Crippen LogP contribution is -2.36. The molecule has 0 unspecified atom stereocenters. The normalized spacial score (nSPS) is 14.2. The van der Waals surface area contributed by atoms with E-state index in [1.807, 2.05) is 0 Å². The van der Waals surface area contributed by atoms with E-state index in [9.17, 15) is 22.4 Å². The Morgan fingerprint density at radius 3 is 2.66 bits per heavy atom. The summed E-state index contributed by atoms with van der Waals surface area (Å²) in [5, 5.41) is 12.5. The standard InChI is InChI=1S/C20H17F4N7O/c1-28-16(20(22,23)24)8-14(26-28)18-11-5-7-30(10-15(11)27-29(18)2)19(32)12-9-25-31-6-3-4-13(21)17(12)31/h3-4,6,8-9H,5,7,10H2,1-2H3. The van der Waals surface area contributed by atoms with Gasteiger partial charge in [-0.15, -0.1) is 0 Å². The highest BCUT2D eigenvalue weighted by Gasteiger charge is 2.36. The van der Waals surface area contributed by atoms with Crippen molar-refractivity contribution < 1.29 is 22.4 Å². The van der Waals surface area contributed by atoms with Gasteiger partial charge in [0.2, 0.25) is 0 Å². The maximum atomic E-state index is 14.3. The molecular weight excluding hydrogens is 430 g/mol. The highest BCUT2D eigenvalue weighted by Crippen LogP contribution is 2.35. The molecular formula is C20H17F4N7O. The fourth-order valence-corrected chi connectivity index (χ4v) is 4.19. The first-order valence-electron chi connectivity index (χ1n) is 9.72. The number of pyridine rings is 1. The van der Waals surface area contributed by atoms with Crippen molar-refractivity contribution in [2.45, 2.75) is 19.1 Å². The van der Waals surface area contributed by atoms with E-state index >= 15 is 0 Å². The maximum absolute atomic E-state index is 14.3. The van der Waals surface area contributed by atoms with Crippen molar-refractivity contribution in [3.63, 3.8) is 0 Å². The molecule has 0 spiro atoms. The molecule has 1 amide bonds. The van der Waals surface area contributed by atoms with Gasteiger partial charge in [0.05, 0.1) is 29.7 Å². The van der Waals surface area contributed by atoms with E-state index in [0.717, 1.165) is 16.3 Å². The summed E-state index contributed by atoms with van der Waals surface area (Å²) >= 11 is 0. The van der Waals surface area contributed by atoms with Crippen molar-refractivity contribution in [2.24, 2.45) is 14.1 Å². The van der Waals surface area contributed by atoms with Crippen LogP contribution in [0, 0.1) is 5.82 Å². The molecule has 4 aromatic heterocycles. The predicted octanol–water partition coefficient (Wildman–Crippen LogP) is 2.82. The van der Waals surface area contributed by atoms with E-state index in [-0.39, 0.29) is 29.2 Å². The molecule has 12 heteroatoms. The van der Waals surface area contributed by atoms with Crippen LogP contribution < -0.4 is 0 Å². The van der Waals surface area contributed by atoms with Crippen LogP contribution in [0.5, 0.6) is 0 Å². The molecule has 0 bridgehead atoms. The van der Waals surface area contributed by atoms with Gasteiger partial charge in [-0.25, -0.2) is 8.91 Å². The van der Waals surface area contributed by atoms with Gasteiger partial charge in [-0.3, -0.25) is 14.2 Å². The number of aryl methyl sites for hydroxylation is 2. The average Bonchev–Trinajstić information content (AvgIpc) is 3.41. The zero-order valence-electron chi connectivity index (χ0n) is 17.1. The molecule has 1 aliphatic rings. The van der Waals surface area contributed by atoms with E-state index in [4.69, 9.17) is 0 Å². The van der Waals surface area contributed by atoms with Gasteiger partial charge < -0.3 is 4.90 Å². The van der Waals surface area contributed by atoms with Crippen LogP contribution in [0.3, 0.4) is 0 Å². The third-order valence-corrected chi connectivity index (χ3v) is 5.62. The zero-order chi connectivity index (χ0) is 22.8. The monoisotopic (exact) mass is 447 g/mol. The van der Waals surface area contributed by atoms with Crippen LogP contribution in [0.25, 0.3) is 16.9 Å². The van der Waals surface area contributed by atoms with Crippen molar-refractivity contribution in [1.29, 1.82) is 0 Å². The molecule has 5 rings (SSSR count). The lowest BCUT2D eigenvalue weighted by Gasteiger charge is -2.26. The largest absolute Gasteiger partial charge is 0.433 e. The molecule has 5 heterocycles. The van der Waals surface area contributed by atoms with Crippen molar-refractivity contribution in [3.8, 4) is 11.4 Å². The number of hydrogen-bond acceptors (Lipinski definition) is 4. The molecule has 0 aliphatic carbocycles. The number of carbonyl (C=O) groups excluding carboxylic acids is 1. The molecule has 4 aromatic rings. The Labute approximate surface area is 178 Å². The molecule has 1 aliphatic heterocycles. The topological polar surface area (TPSA) is 73.2 Å². The van der Waals surface area contributed by atoms with Crippen LogP contribution >= 0.6 is 0 Å². The number of aromatic nitrogens is 6. The van der Waals surface area contributed by atoms with E-state index in [0.29, 0.717) is 24.4 Å². The third kappa shape index (κ3) is 3.05. The molecule has 0 saturated carbocycles. The van der Waals surface area contributed by atoms with Crippen molar-refractivity contribution in [1.82, 2.24) is 34.1 Å². The number of halogens is 4. The summed E-state index contributed by atoms with van der Waals surface area (Å²) in [6.45, 7) is 0.446. The van der Waals surface area contributed by atoms with Crippen LogP contribution in [0.2, 0.25) is 0 Å². The fraction of sp³-hybridized carbons (Fsp3) is 0.300. The first-order chi connectivity index (χ1) is 15.1. The van der Waals surface area contributed by atoms with Crippen LogP contribution in [-0.4, -0.2) is 46.5 Å². The van der Waals surface area contributed by atoms with Gasteiger partial charge in [-0.05, 0) is 24.6 Å². The Morgan fingerprint density at radius 1 is 1.16 bits per heavy atom. The summed E-state index contributed by atoms with van der Waals surface area (Å²) in [5.41, 5.74) is 1.35.